The number of urea groups is 1. The van der Waals surface area contributed by atoms with E-state index in [0.717, 1.165) is 0 Å². The van der Waals surface area contributed by atoms with E-state index in [0.29, 0.717) is 0 Å². The average molecular weight is 268 g/mol. The first-order valence-corrected chi connectivity index (χ1v) is 6.16. The number of H-pyrrole nitrogens is 1. The number of aromatic nitrogens is 4. The molecule has 18 heavy (non-hydrogen) atoms. The predicted molar refractivity (Wildman–Crippen MR) is 60.0 cm³/mol. The maximum Gasteiger partial charge on any atom is 0.335 e. The van der Waals surface area contributed by atoms with Gasteiger partial charge in [0, 0.05) is 12.4 Å². The molecule has 10 heteroatoms. The molecular formula is C8H8N6O3S. The Bertz CT molecular complexity index is 624. The number of aromatic amines is 1. The van der Waals surface area contributed by atoms with E-state index >= 15 is 0 Å². The second-order valence-corrected chi connectivity index (χ2v) is 4.70. The fraction of sp³-hybridized carbons (Fsp3) is 0. The van der Waals surface area contributed by atoms with Gasteiger partial charge in [-0.1, -0.05) is 0 Å². The van der Waals surface area contributed by atoms with Crippen molar-refractivity contribution in [2.75, 3.05) is 5.32 Å². The molecule has 2 amide bonds. The van der Waals surface area contributed by atoms with Gasteiger partial charge in [0.2, 0.25) is 5.95 Å². The maximum absolute atomic E-state index is 11.6. The van der Waals surface area contributed by atoms with E-state index in [1.807, 2.05) is 0 Å². The van der Waals surface area contributed by atoms with Crippen molar-refractivity contribution in [2.45, 2.75) is 5.03 Å². The average Bonchev–Trinajstić information content (AvgIpc) is 2.83. The molecule has 0 aromatic carbocycles. The van der Waals surface area contributed by atoms with Gasteiger partial charge in [-0.3, -0.25) is 10.4 Å². The predicted octanol–water partition coefficient (Wildman–Crippen LogP) is -0.290. The van der Waals surface area contributed by atoms with E-state index < -0.39 is 16.1 Å². The zero-order valence-corrected chi connectivity index (χ0v) is 9.68. The van der Waals surface area contributed by atoms with E-state index in [1.54, 1.807) is 10.8 Å². The molecule has 94 valence electrons. The van der Waals surface area contributed by atoms with Crippen molar-refractivity contribution in [1.29, 1.82) is 0 Å². The number of nitrogens with one attached hydrogen (secondary N) is 3. The normalized spacial score (nSPS) is 10.9. The summed E-state index contributed by atoms with van der Waals surface area (Å²) in [5, 5.41) is 7.67. The number of carbonyl (C=O) groups excluding carboxylic acids is 1. The third-order valence-electron chi connectivity index (χ3n) is 1.78. The highest BCUT2D eigenvalue weighted by atomic mass is 32.2. The van der Waals surface area contributed by atoms with Crippen LogP contribution in [-0.4, -0.2) is 34.6 Å². The van der Waals surface area contributed by atoms with E-state index in [-0.39, 0.29) is 11.0 Å². The molecule has 0 fully saturated rings. The Kier molecular flexibility index (Phi) is 3.19. The summed E-state index contributed by atoms with van der Waals surface area (Å²) in [6.45, 7) is 0. The van der Waals surface area contributed by atoms with Gasteiger partial charge in [-0.15, -0.1) is 0 Å². The van der Waals surface area contributed by atoms with Gasteiger partial charge >= 0.3 is 6.03 Å². The van der Waals surface area contributed by atoms with Crippen LogP contribution in [0.3, 0.4) is 0 Å². The minimum atomic E-state index is -3.97. The summed E-state index contributed by atoms with van der Waals surface area (Å²) in [5.41, 5.74) is 0. The van der Waals surface area contributed by atoms with Crippen LogP contribution in [0.5, 0.6) is 0 Å². The van der Waals surface area contributed by atoms with Gasteiger partial charge < -0.3 is 0 Å². The Morgan fingerprint density at radius 1 is 1.22 bits per heavy atom. The molecule has 0 radical (unpaired) electrons. The summed E-state index contributed by atoms with van der Waals surface area (Å²) in [4.78, 5) is 18.8. The fourth-order valence-corrected chi connectivity index (χ4v) is 1.88. The molecule has 0 aliphatic rings. The van der Waals surface area contributed by atoms with Crippen molar-refractivity contribution < 1.29 is 13.2 Å². The molecule has 2 heterocycles. The molecule has 0 aliphatic carbocycles. The lowest BCUT2D eigenvalue weighted by molar-refractivity contribution is 0.256. The molecule has 0 aliphatic heterocycles. The number of nitrogens with zero attached hydrogens (tertiary/aromatic N) is 3. The minimum Gasteiger partial charge on any atom is -0.275 e. The lowest BCUT2D eigenvalue weighted by Gasteiger charge is -2.05. The van der Waals surface area contributed by atoms with Crippen LogP contribution in [0.2, 0.25) is 0 Å². The fourth-order valence-electron chi connectivity index (χ4n) is 1.06. The smallest absolute Gasteiger partial charge is 0.275 e. The van der Waals surface area contributed by atoms with Gasteiger partial charge in [0.1, 0.15) is 0 Å². The number of hydrogen-bond donors (Lipinski definition) is 3. The van der Waals surface area contributed by atoms with Gasteiger partial charge in [0.25, 0.3) is 10.0 Å². The van der Waals surface area contributed by atoms with Crippen LogP contribution in [0.25, 0.3) is 0 Å². The molecule has 2 aromatic rings. The van der Waals surface area contributed by atoms with Crippen molar-refractivity contribution in [3.63, 3.8) is 0 Å². The first kappa shape index (κ1) is 12.0. The lowest BCUT2D eigenvalue weighted by Crippen LogP contribution is -2.35. The van der Waals surface area contributed by atoms with Crippen LogP contribution in [0.15, 0.2) is 35.7 Å². The van der Waals surface area contributed by atoms with E-state index in [2.05, 4.69) is 25.5 Å². The molecular weight excluding hydrogens is 260 g/mol. The molecule has 0 spiro atoms. The Morgan fingerprint density at radius 2 is 1.94 bits per heavy atom. The second kappa shape index (κ2) is 4.79. The molecule has 9 nitrogen and oxygen atoms in total. The number of carbonyl (C=O) groups is 1. The van der Waals surface area contributed by atoms with Crippen molar-refractivity contribution in [2.24, 2.45) is 0 Å². The Morgan fingerprint density at radius 3 is 2.56 bits per heavy atom. The molecule has 0 unspecified atom stereocenters. The van der Waals surface area contributed by atoms with Crippen molar-refractivity contribution in [3.8, 4) is 0 Å². The van der Waals surface area contributed by atoms with Gasteiger partial charge in [0.05, 0.1) is 6.20 Å². The highest BCUT2D eigenvalue weighted by Crippen LogP contribution is 2.02. The highest BCUT2D eigenvalue weighted by molar-refractivity contribution is 7.90. The van der Waals surface area contributed by atoms with Gasteiger partial charge in [-0.05, 0) is 12.1 Å². The molecule has 2 rings (SSSR count). The number of hydrogen-bond acceptors (Lipinski definition) is 6. The maximum atomic E-state index is 11.6. The Balaban J connectivity index is 2.05. The summed E-state index contributed by atoms with van der Waals surface area (Å²) >= 11 is 0. The van der Waals surface area contributed by atoms with Crippen molar-refractivity contribution >= 4 is 22.0 Å². The van der Waals surface area contributed by atoms with Crippen molar-refractivity contribution in [1.82, 2.24) is 24.9 Å². The summed E-state index contributed by atoms with van der Waals surface area (Å²) < 4.78 is 25.0. The van der Waals surface area contributed by atoms with Crippen LogP contribution < -0.4 is 10.0 Å². The Labute approximate surface area is 102 Å². The van der Waals surface area contributed by atoms with Crippen LogP contribution in [0, 0.1) is 0 Å². The second-order valence-electron chi connectivity index (χ2n) is 3.05. The zero-order valence-electron chi connectivity index (χ0n) is 8.86. The van der Waals surface area contributed by atoms with Gasteiger partial charge in [0.15, 0.2) is 5.03 Å². The molecule has 3 N–H and O–H groups in total. The summed E-state index contributed by atoms with van der Waals surface area (Å²) in [6.07, 6.45) is 4.07. The first-order valence-electron chi connectivity index (χ1n) is 4.68. The SMILES string of the molecule is O=C(Nc1ncccn1)NS(=O)(=O)c1ccn[nH]1. The summed E-state index contributed by atoms with van der Waals surface area (Å²) in [6, 6.07) is 1.81. The topological polar surface area (TPSA) is 130 Å². The monoisotopic (exact) mass is 268 g/mol. The highest BCUT2D eigenvalue weighted by Gasteiger charge is 2.19. The number of rotatable bonds is 3. The quantitative estimate of drug-likeness (QED) is 0.701. The van der Waals surface area contributed by atoms with Crippen LogP contribution in [0.1, 0.15) is 0 Å². The largest absolute Gasteiger partial charge is 0.335 e. The third-order valence-corrected chi connectivity index (χ3v) is 3.04. The van der Waals surface area contributed by atoms with Gasteiger partial charge in [-0.25, -0.2) is 19.5 Å². The van der Waals surface area contributed by atoms with Crippen LogP contribution in [-0.2, 0) is 10.0 Å². The van der Waals surface area contributed by atoms with Crippen molar-refractivity contribution in [3.05, 3.63) is 30.7 Å². The molecule has 0 bridgehead atoms. The van der Waals surface area contributed by atoms with Gasteiger partial charge in [-0.2, -0.15) is 13.5 Å². The van der Waals surface area contributed by atoms with Crippen LogP contribution in [0.4, 0.5) is 10.7 Å². The number of amides is 2. The van der Waals surface area contributed by atoms with E-state index in [4.69, 9.17) is 0 Å². The molecule has 0 saturated heterocycles. The minimum absolute atomic E-state index is 0.00480. The number of anilines is 1. The third kappa shape index (κ3) is 2.79. The number of sulfonamides is 1. The Hall–Kier alpha value is -2.49. The molecule has 2 aromatic heterocycles. The zero-order chi connectivity index (χ0) is 13.0. The molecule has 0 atom stereocenters. The first-order chi connectivity index (χ1) is 8.58. The standard InChI is InChI=1S/C8H8N6O3S/c15-8(12-7-9-3-1-4-10-7)14-18(16,17)6-2-5-11-13-6/h1-5H,(H,11,13)(H2,9,10,12,14,15). The van der Waals surface area contributed by atoms with E-state index in [9.17, 15) is 13.2 Å². The lowest BCUT2D eigenvalue weighted by atomic mass is 10.7. The summed E-state index contributed by atoms with van der Waals surface area (Å²) in [7, 11) is -3.97. The van der Waals surface area contributed by atoms with Crippen LogP contribution >= 0.6 is 0 Å². The van der Waals surface area contributed by atoms with E-state index in [1.165, 1.54) is 24.7 Å². The summed E-state index contributed by atoms with van der Waals surface area (Å²) in [5.74, 6) is -0.00480. The molecule has 0 saturated carbocycles.